The van der Waals surface area contributed by atoms with E-state index >= 15 is 0 Å². The van der Waals surface area contributed by atoms with Gasteiger partial charge in [0.1, 0.15) is 23.9 Å². The van der Waals surface area contributed by atoms with Crippen molar-refractivity contribution in [2.24, 2.45) is 4.99 Å². The smallest absolute Gasteiger partial charge is 0.261 e. The molecule has 1 fully saturated rings. The molecule has 0 radical (unpaired) electrons. The van der Waals surface area contributed by atoms with Crippen molar-refractivity contribution < 1.29 is 19.8 Å². The number of benzene rings is 2. The van der Waals surface area contributed by atoms with E-state index in [-0.39, 0.29) is 24.0 Å². The van der Waals surface area contributed by atoms with Crippen LogP contribution in [-0.2, 0) is 22.7 Å². The van der Waals surface area contributed by atoms with Crippen LogP contribution in [0.1, 0.15) is 30.0 Å². The predicted molar refractivity (Wildman–Crippen MR) is 169 cm³/mol. The average Bonchev–Trinajstić information content (AvgIpc) is 3.51. The van der Waals surface area contributed by atoms with E-state index in [0.717, 1.165) is 49.5 Å². The SMILES string of the molecule is CC[C@H](NC(=O)C1N=CN(Cc2c(O)cccc2O)N1)C(=O)N(C)c1cc(CN2CCN(c3ccncc3)CC2)ccc1C. The number of carbonyl (C=O) groups is 2. The quantitative estimate of drug-likeness (QED) is 0.276. The van der Waals surface area contributed by atoms with Gasteiger partial charge < -0.3 is 25.3 Å². The van der Waals surface area contributed by atoms with Gasteiger partial charge in [0.2, 0.25) is 5.91 Å². The van der Waals surface area contributed by atoms with E-state index in [9.17, 15) is 19.8 Å². The van der Waals surface area contributed by atoms with Gasteiger partial charge in [-0.05, 0) is 54.8 Å². The number of nitrogens with one attached hydrogen (secondary N) is 2. The Morgan fingerprint density at radius 3 is 2.43 bits per heavy atom. The zero-order valence-corrected chi connectivity index (χ0v) is 25.3. The third-order valence-electron chi connectivity index (χ3n) is 8.14. The van der Waals surface area contributed by atoms with Gasteiger partial charge in [-0.2, -0.15) is 0 Å². The maximum Gasteiger partial charge on any atom is 0.261 e. The minimum atomic E-state index is -0.945. The van der Waals surface area contributed by atoms with Crippen LogP contribution < -0.4 is 20.5 Å². The molecule has 2 atom stereocenters. The third-order valence-corrected chi connectivity index (χ3v) is 8.14. The fourth-order valence-corrected chi connectivity index (χ4v) is 5.51. The van der Waals surface area contributed by atoms with Gasteiger partial charge in [0.15, 0.2) is 6.17 Å². The molecule has 2 amide bonds. The van der Waals surface area contributed by atoms with Gasteiger partial charge in [0.25, 0.3) is 5.91 Å². The van der Waals surface area contributed by atoms with Crippen molar-refractivity contribution >= 4 is 29.5 Å². The first-order chi connectivity index (χ1) is 21.2. The number of phenolic OH excluding ortho intramolecular Hbond substituents is 2. The van der Waals surface area contributed by atoms with E-state index in [1.54, 1.807) is 18.0 Å². The molecular formula is C32H40N8O4. The molecule has 0 spiro atoms. The van der Waals surface area contributed by atoms with E-state index in [4.69, 9.17) is 0 Å². The minimum Gasteiger partial charge on any atom is -0.507 e. The monoisotopic (exact) mass is 600 g/mol. The first-order valence-corrected chi connectivity index (χ1v) is 14.8. The van der Waals surface area contributed by atoms with Gasteiger partial charge >= 0.3 is 0 Å². The first-order valence-electron chi connectivity index (χ1n) is 14.8. The predicted octanol–water partition coefficient (Wildman–Crippen LogP) is 2.36. The number of piperazine rings is 1. The molecule has 12 nitrogen and oxygen atoms in total. The zero-order valence-electron chi connectivity index (χ0n) is 25.3. The molecule has 12 heteroatoms. The Morgan fingerprint density at radius 2 is 1.75 bits per heavy atom. The molecule has 5 rings (SSSR count). The molecule has 232 valence electrons. The number of aryl methyl sites for hydroxylation is 1. The van der Waals surface area contributed by atoms with E-state index < -0.39 is 18.1 Å². The third kappa shape index (κ3) is 7.09. The van der Waals surface area contributed by atoms with E-state index in [1.807, 2.05) is 44.4 Å². The lowest BCUT2D eigenvalue weighted by molar-refractivity contribution is -0.129. The summed E-state index contributed by atoms with van der Waals surface area (Å²) in [6.07, 6.45) is 4.53. The molecule has 2 aliphatic rings. The van der Waals surface area contributed by atoms with Crippen molar-refractivity contribution in [3.63, 3.8) is 0 Å². The number of amides is 2. The molecule has 3 heterocycles. The number of carbonyl (C=O) groups excluding carboxylic acids is 2. The summed E-state index contributed by atoms with van der Waals surface area (Å²) in [5.74, 6) is -0.785. The van der Waals surface area contributed by atoms with Gasteiger partial charge in [-0.15, -0.1) is 0 Å². The molecule has 2 aliphatic heterocycles. The molecule has 1 aromatic heterocycles. The minimum absolute atomic E-state index is 0.0595. The van der Waals surface area contributed by atoms with Gasteiger partial charge in [-0.25, -0.2) is 10.4 Å². The Hall–Kier alpha value is -4.68. The maximum absolute atomic E-state index is 13.6. The highest BCUT2D eigenvalue weighted by molar-refractivity contribution is 6.00. The number of hydrazine groups is 1. The average molecular weight is 601 g/mol. The number of likely N-dealkylation sites (N-methyl/N-ethyl adjacent to an activating group) is 1. The molecule has 4 N–H and O–H groups in total. The van der Waals surface area contributed by atoms with E-state index in [1.165, 1.54) is 29.2 Å². The molecule has 44 heavy (non-hydrogen) atoms. The van der Waals surface area contributed by atoms with Crippen LogP contribution in [0.2, 0.25) is 0 Å². The van der Waals surface area contributed by atoms with Crippen LogP contribution in [-0.4, -0.2) is 88.7 Å². The Labute approximate surface area is 257 Å². The second-order valence-electron chi connectivity index (χ2n) is 11.2. The van der Waals surface area contributed by atoms with Crippen molar-refractivity contribution in [3.8, 4) is 11.5 Å². The second-order valence-corrected chi connectivity index (χ2v) is 11.2. The summed E-state index contributed by atoms with van der Waals surface area (Å²) in [4.78, 5) is 41.4. The van der Waals surface area contributed by atoms with E-state index in [0.29, 0.717) is 12.0 Å². The number of aromatic nitrogens is 1. The van der Waals surface area contributed by atoms with Crippen molar-refractivity contribution in [2.45, 2.75) is 45.6 Å². The molecule has 2 aromatic carbocycles. The molecule has 1 unspecified atom stereocenters. The summed E-state index contributed by atoms with van der Waals surface area (Å²) in [5.41, 5.74) is 7.33. The number of rotatable bonds is 10. The van der Waals surface area contributed by atoms with Gasteiger partial charge in [0.05, 0.1) is 12.1 Å². The lowest BCUT2D eigenvalue weighted by Gasteiger charge is -2.36. The van der Waals surface area contributed by atoms with Crippen LogP contribution in [0.3, 0.4) is 0 Å². The standard InChI is InChI=1S/C32H40N8O4/c1-4-26(35-31(43)30-34-21-40(36-30)20-25-28(41)6-5-7-29(25)42)32(44)37(3)27-18-23(9-8-22(27)2)19-38-14-16-39(17-15-38)24-10-12-33-13-11-24/h5-13,18,21,26,30,36,41-42H,4,14-17,19-20H2,1-3H3,(H,35,43)/t26-,30?/m0/s1. The largest absolute Gasteiger partial charge is 0.507 e. The van der Waals surface area contributed by atoms with E-state index in [2.05, 4.69) is 42.7 Å². The van der Waals surface area contributed by atoms with Crippen LogP contribution in [0.5, 0.6) is 11.5 Å². The van der Waals surface area contributed by atoms with Gasteiger partial charge in [0, 0.05) is 63.5 Å². The van der Waals surface area contributed by atoms with Crippen molar-refractivity contribution in [2.75, 3.05) is 43.0 Å². The first kappa shape index (κ1) is 30.8. The van der Waals surface area contributed by atoms with Crippen LogP contribution >= 0.6 is 0 Å². The summed E-state index contributed by atoms with van der Waals surface area (Å²) >= 11 is 0. The van der Waals surface area contributed by atoms with Crippen molar-refractivity contribution in [1.29, 1.82) is 0 Å². The number of pyridine rings is 1. The molecule has 3 aromatic rings. The van der Waals surface area contributed by atoms with Crippen molar-refractivity contribution in [3.05, 3.63) is 77.6 Å². The topological polar surface area (TPSA) is 137 Å². The number of nitrogens with zero attached hydrogens (tertiary/aromatic N) is 6. The zero-order chi connectivity index (χ0) is 31.2. The summed E-state index contributed by atoms with van der Waals surface area (Å²) in [7, 11) is 1.74. The van der Waals surface area contributed by atoms with Crippen LogP contribution in [0.15, 0.2) is 65.9 Å². The number of phenols is 2. The number of hydrogen-bond donors (Lipinski definition) is 4. The van der Waals surface area contributed by atoms with Crippen LogP contribution in [0.25, 0.3) is 0 Å². The van der Waals surface area contributed by atoms with Crippen LogP contribution in [0, 0.1) is 6.92 Å². The summed E-state index contributed by atoms with van der Waals surface area (Å²) in [5, 5.41) is 24.5. The Balaban J connectivity index is 1.16. The molecule has 0 aliphatic carbocycles. The summed E-state index contributed by atoms with van der Waals surface area (Å²) in [6, 6.07) is 14.0. The number of anilines is 2. The van der Waals surface area contributed by atoms with Crippen LogP contribution in [0.4, 0.5) is 11.4 Å². The molecule has 0 bridgehead atoms. The maximum atomic E-state index is 13.6. The summed E-state index contributed by atoms with van der Waals surface area (Å²) in [6.45, 7) is 8.46. The molecule has 0 saturated carbocycles. The lowest BCUT2D eigenvalue weighted by atomic mass is 10.1. The highest BCUT2D eigenvalue weighted by Crippen LogP contribution is 2.28. The Morgan fingerprint density at radius 1 is 1.05 bits per heavy atom. The fourth-order valence-electron chi connectivity index (χ4n) is 5.51. The number of hydrogen-bond acceptors (Lipinski definition) is 10. The van der Waals surface area contributed by atoms with Gasteiger partial charge in [-0.3, -0.25) is 24.5 Å². The van der Waals surface area contributed by atoms with Crippen molar-refractivity contribution in [1.82, 2.24) is 25.6 Å². The van der Waals surface area contributed by atoms with Gasteiger partial charge in [-0.1, -0.05) is 25.1 Å². The molecule has 1 saturated heterocycles. The normalized spacial score (nSPS) is 17.5. The number of aliphatic imine (C=N–C) groups is 1. The summed E-state index contributed by atoms with van der Waals surface area (Å²) < 4.78 is 0. The second kappa shape index (κ2) is 13.7. The lowest BCUT2D eigenvalue weighted by Crippen LogP contribution is -2.53. The highest BCUT2D eigenvalue weighted by atomic mass is 16.3. The fraction of sp³-hybridized carbons (Fsp3) is 0.375. The number of aromatic hydroxyl groups is 2. The Bertz CT molecular complexity index is 1470. The highest BCUT2D eigenvalue weighted by Gasteiger charge is 2.30. The molecular weight excluding hydrogens is 560 g/mol. The Kier molecular flexibility index (Phi) is 9.61.